The molecule has 2 aliphatic rings. The maximum absolute atomic E-state index is 11.5. The highest BCUT2D eigenvalue weighted by Gasteiger charge is 2.25. The first-order valence-corrected chi connectivity index (χ1v) is 10.6. The van der Waals surface area contributed by atoms with Crippen molar-refractivity contribution in [2.24, 2.45) is 5.92 Å². The molecule has 2 fully saturated rings. The second-order valence-electron chi connectivity index (χ2n) is 6.72. The average Bonchev–Trinajstić information content (AvgIpc) is 3.04. The Labute approximate surface area is 143 Å². The van der Waals surface area contributed by atoms with Crippen molar-refractivity contribution in [2.45, 2.75) is 32.1 Å². The number of anilines is 1. The second kappa shape index (κ2) is 7.79. The summed E-state index contributed by atoms with van der Waals surface area (Å²) in [4.78, 5) is 6.46. The van der Waals surface area contributed by atoms with Gasteiger partial charge in [0.2, 0.25) is 15.9 Å². The van der Waals surface area contributed by atoms with E-state index in [9.17, 15) is 8.42 Å². The molecule has 0 atom stereocenters. The largest absolute Gasteiger partial charge is 0.337 e. The normalized spacial score (nSPS) is 21.3. The van der Waals surface area contributed by atoms with Gasteiger partial charge in [-0.3, -0.25) is 0 Å². The predicted octanol–water partition coefficient (Wildman–Crippen LogP) is 0.474. The van der Waals surface area contributed by atoms with Crippen molar-refractivity contribution in [3.8, 4) is 0 Å². The first-order valence-electron chi connectivity index (χ1n) is 8.76. The molecule has 136 valence electrons. The van der Waals surface area contributed by atoms with Gasteiger partial charge in [-0.25, -0.2) is 8.42 Å². The molecule has 0 aliphatic carbocycles. The van der Waals surface area contributed by atoms with Crippen molar-refractivity contribution in [3.63, 3.8) is 0 Å². The lowest BCUT2D eigenvalue weighted by Gasteiger charge is -2.32. The Hall–Kier alpha value is -1.19. The minimum absolute atomic E-state index is 0.471. The third-order valence-corrected chi connectivity index (χ3v) is 6.21. The number of nitrogens with one attached hydrogen (secondary N) is 1. The molecule has 0 unspecified atom stereocenters. The lowest BCUT2D eigenvalue weighted by molar-refractivity contribution is 0.331. The zero-order valence-corrected chi connectivity index (χ0v) is 15.1. The Morgan fingerprint density at radius 3 is 2.58 bits per heavy atom. The van der Waals surface area contributed by atoms with Gasteiger partial charge >= 0.3 is 0 Å². The van der Waals surface area contributed by atoms with Crippen molar-refractivity contribution < 1.29 is 12.9 Å². The minimum Gasteiger partial charge on any atom is -0.337 e. The molecule has 9 heteroatoms. The SMILES string of the molecule is CS(=O)(=O)N1CCN(c2noc(CCCC3CCNCC3)n2)CC1. The van der Waals surface area contributed by atoms with Crippen LogP contribution in [0.3, 0.4) is 0 Å². The van der Waals surface area contributed by atoms with Gasteiger partial charge in [0.15, 0.2) is 0 Å². The molecule has 24 heavy (non-hydrogen) atoms. The lowest BCUT2D eigenvalue weighted by atomic mass is 9.92. The topological polar surface area (TPSA) is 91.6 Å². The van der Waals surface area contributed by atoms with Crippen LogP contribution in [-0.2, 0) is 16.4 Å². The van der Waals surface area contributed by atoms with Crippen LogP contribution in [0.4, 0.5) is 5.95 Å². The highest BCUT2D eigenvalue weighted by molar-refractivity contribution is 7.88. The molecule has 1 aromatic rings. The fraction of sp³-hybridized carbons (Fsp3) is 0.867. The van der Waals surface area contributed by atoms with Gasteiger partial charge in [0, 0.05) is 32.6 Å². The molecule has 2 saturated heterocycles. The maximum atomic E-state index is 11.5. The number of hydrogen-bond donors (Lipinski definition) is 1. The molecule has 0 amide bonds. The van der Waals surface area contributed by atoms with Gasteiger partial charge in [-0.2, -0.15) is 9.29 Å². The Bertz CT molecular complexity index is 619. The molecule has 0 aromatic carbocycles. The van der Waals surface area contributed by atoms with E-state index in [2.05, 4.69) is 15.5 Å². The molecule has 0 spiro atoms. The first-order chi connectivity index (χ1) is 11.5. The van der Waals surface area contributed by atoms with Gasteiger partial charge in [0.25, 0.3) is 5.95 Å². The number of aromatic nitrogens is 2. The highest BCUT2D eigenvalue weighted by atomic mass is 32.2. The maximum Gasteiger partial charge on any atom is 0.266 e. The Morgan fingerprint density at radius 1 is 1.21 bits per heavy atom. The van der Waals surface area contributed by atoms with Crippen LogP contribution >= 0.6 is 0 Å². The summed E-state index contributed by atoms with van der Waals surface area (Å²) < 4.78 is 29.9. The van der Waals surface area contributed by atoms with Crippen LogP contribution < -0.4 is 10.2 Å². The number of rotatable bonds is 6. The smallest absolute Gasteiger partial charge is 0.266 e. The number of piperidine rings is 1. The lowest BCUT2D eigenvalue weighted by Crippen LogP contribution is -2.48. The van der Waals surface area contributed by atoms with Gasteiger partial charge in [0.1, 0.15) is 0 Å². The number of nitrogens with zero attached hydrogens (tertiary/aromatic N) is 4. The van der Waals surface area contributed by atoms with E-state index >= 15 is 0 Å². The monoisotopic (exact) mass is 357 g/mol. The molecule has 1 N–H and O–H groups in total. The molecule has 0 saturated carbocycles. The van der Waals surface area contributed by atoms with Crippen LogP contribution in [-0.4, -0.2) is 68.4 Å². The fourth-order valence-electron chi connectivity index (χ4n) is 3.41. The van der Waals surface area contributed by atoms with E-state index in [0.717, 1.165) is 31.8 Å². The van der Waals surface area contributed by atoms with E-state index in [-0.39, 0.29) is 0 Å². The molecular formula is C15H27N5O3S. The molecule has 0 bridgehead atoms. The summed E-state index contributed by atoms with van der Waals surface area (Å²) in [5.41, 5.74) is 0. The summed E-state index contributed by atoms with van der Waals surface area (Å²) in [6, 6.07) is 0. The summed E-state index contributed by atoms with van der Waals surface area (Å²) in [6.07, 6.45) is 6.89. The molecule has 0 radical (unpaired) electrons. The zero-order valence-electron chi connectivity index (χ0n) is 14.3. The van der Waals surface area contributed by atoms with Gasteiger partial charge in [-0.1, -0.05) is 0 Å². The summed E-state index contributed by atoms with van der Waals surface area (Å²) in [5.74, 6) is 2.09. The number of piperazine rings is 1. The van der Waals surface area contributed by atoms with E-state index < -0.39 is 10.0 Å². The van der Waals surface area contributed by atoms with Crippen molar-refractivity contribution in [2.75, 3.05) is 50.4 Å². The van der Waals surface area contributed by atoms with Crippen LogP contribution in [0.15, 0.2) is 4.52 Å². The first kappa shape index (κ1) is 17.6. The Balaban J connectivity index is 1.44. The zero-order chi connectivity index (χ0) is 17.0. The Morgan fingerprint density at radius 2 is 1.92 bits per heavy atom. The van der Waals surface area contributed by atoms with E-state index in [0.29, 0.717) is 38.0 Å². The summed E-state index contributed by atoms with van der Waals surface area (Å²) in [6.45, 7) is 4.41. The number of aryl methyl sites for hydroxylation is 1. The standard InChI is InChI=1S/C15H27N5O3S/c1-24(21,22)20-11-9-19(10-12-20)15-17-14(23-18-15)4-2-3-13-5-7-16-8-6-13/h13,16H,2-12H2,1H3. The Kier molecular flexibility index (Phi) is 5.72. The van der Waals surface area contributed by atoms with Crippen molar-refractivity contribution in [1.82, 2.24) is 19.8 Å². The highest BCUT2D eigenvalue weighted by Crippen LogP contribution is 2.20. The van der Waals surface area contributed by atoms with Gasteiger partial charge < -0.3 is 14.7 Å². The summed E-state index contributed by atoms with van der Waals surface area (Å²) >= 11 is 0. The van der Waals surface area contributed by atoms with Crippen molar-refractivity contribution in [3.05, 3.63) is 5.89 Å². The third-order valence-electron chi connectivity index (χ3n) is 4.91. The van der Waals surface area contributed by atoms with E-state index in [1.165, 1.54) is 29.8 Å². The fourth-order valence-corrected chi connectivity index (χ4v) is 4.23. The van der Waals surface area contributed by atoms with Crippen LogP contribution in [0.1, 0.15) is 31.6 Å². The van der Waals surface area contributed by atoms with Crippen molar-refractivity contribution >= 4 is 16.0 Å². The number of sulfonamides is 1. The van der Waals surface area contributed by atoms with Gasteiger partial charge in [-0.15, -0.1) is 0 Å². The second-order valence-corrected chi connectivity index (χ2v) is 8.71. The molecule has 1 aromatic heterocycles. The van der Waals surface area contributed by atoms with E-state index in [4.69, 9.17) is 4.52 Å². The molecular weight excluding hydrogens is 330 g/mol. The molecule has 8 nitrogen and oxygen atoms in total. The van der Waals surface area contributed by atoms with Crippen LogP contribution in [0.25, 0.3) is 0 Å². The van der Waals surface area contributed by atoms with Crippen LogP contribution in [0.5, 0.6) is 0 Å². The quantitative estimate of drug-likeness (QED) is 0.791. The summed E-state index contributed by atoms with van der Waals surface area (Å²) in [5, 5.41) is 7.44. The third kappa shape index (κ3) is 4.67. The predicted molar refractivity (Wildman–Crippen MR) is 91.5 cm³/mol. The molecule has 3 rings (SSSR count). The van der Waals surface area contributed by atoms with Crippen LogP contribution in [0.2, 0.25) is 0 Å². The average molecular weight is 357 g/mol. The number of hydrogen-bond acceptors (Lipinski definition) is 7. The molecule has 2 aliphatic heterocycles. The molecule has 3 heterocycles. The minimum atomic E-state index is -3.11. The van der Waals surface area contributed by atoms with Crippen LogP contribution in [0, 0.1) is 5.92 Å². The van der Waals surface area contributed by atoms with Gasteiger partial charge in [-0.05, 0) is 49.8 Å². The van der Waals surface area contributed by atoms with E-state index in [1.54, 1.807) is 0 Å². The summed E-state index contributed by atoms with van der Waals surface area (Å²) in [7, 11) is -3.11. The van der Waals surface area contributed by atoms with Crippen molar-refractivity contribution in [1.29, 1.82) is 0 Å². The van der Waals surface area contributed by atoms with Gasteiger partial charge in [0.05, 0.1) is 6.26 Å². The van der Waals surface area contributed by atoms with E-state index in [1.807, 2.05) is 4.90 Å².